The van der Waals surface area contributed by atoms with Crippen molar-refractivity contribution in [2.45, 2.75) is 52.1 Å². The largest absolute Gasteiger partial charge is 0.489 e. The molecule has 2 aromatic rings. The summed E-state index contributed by atoms with van der Waals surface area (Å²) in [4.78, 5) is 13.9. The number of nitrogens with zero attached hydrogens (tertiary/aromatic N) is 2. The minimum absolute atomic E-state index is 0.0373. The molecule has 0 radical (unpaired) electrons. The summed E-state index contributed by atoms with van der Waals surface area (Å²) in [6, 6.07) is 9.29. The van der Waals surface area contributed by atoms with Gasteiger partial charge in [0.05, 0.1) is 16.7 Å². The second-order valence-corrected chi connectivity index (χ2v) is 8.69. The Morgan fingerprint density at radius 1 is 1.37 bits per heavy atom. The molecule has 1 aliphatic carbocycles. The van der Waals surface area contributed by atoms with Crippen LogP contribution < -0.4 is 10.1 Å². The number of nitriles is 2. The monoisotopic (exact) mass is 439 g/mol. The Morgan fingerprint density at radius 2 is 2.13 bits per heavy atom. The topological polar surface area (TPSA) is 85.9 Å². The van der Waals surface area contributed by atoms with Gasteiger partial charge in [0.25, 0.3) is 5.91 Å². The summed E-state index contributed by atoms with van der Waals surface area (Å²) >= 11 is 7.72. The fraction of sp³-hybridized carbons (Fsp3) is 0.348. The molecule has 1 atom stereocenters. The van der Waals surface area contributed by atoms with Crippen molar-refractivity contribution >= 4 is 39.9 Å². The average molecular weight is 440 g/mol. The second kappa shape index (κ2) is 9.80. The average Bonchev–Trinajstić information content (AvgIpc) is 3.10. The lowest BCUT2D eigenvalue weighted by molar-refractivity contribution is -0.112. The third-order valence-corrected chi connectivity index (χ3v) is 6.55. The van der Waals surface area contributed by atoms with Gasteiger partial charge in [-0.1, -0.05) is 24.6 Å². The Hall–Kier alpha value is -2.80. The van der Waals surface area contributed by atoms with E-state index >= 15 is 0 Å². The van der Waals surface area contributed by atoms with Gasteiger partial charge in [0, 0.05) is 4.88 Å². The number of halogens is 1. The van der Waals surface area contributed by atoms with Crippen molar-refractivity contribution in [2.75, 3.05) is 5.32 Å². The van der Waals surface area contributed by atoms with Crippen LogP contribution in [0.1, 0.15) is 54.7 Å². The SMILES string of the molecule is CC[C@H](C)Oc1ccc(/C=C(\C#N)C(=O)Nc2sc3c(c2C#N)CCCC3)cc1Cl. The zero-order valence-electron chi connectivity index (χ0n) is 16.9. The quantitative estimate of drug-likeness (QED) is 0.450. The smallest absolute Gasteiger partial charge is 0.266 e. The molecule has 1 amide bonds. The van der Waals surface area contributed by atoms with E-state index in [1.165, 1.54) is 17.4 Å². The van der Waals surface area contributed by atoms with Crippen molar-refractivity contribution in [1.29, 1.82) is 10.5 Å². The van der Waals surface area contributed by atoms with Gasteiger partial charge >= 0.3 is 0 Å². The highest BCUT2D eigenvalue weighted by Gasteiger charge is 2.22. The number of carbonyl (C=O) groups excluding carboxylic acids is 1. The molecule has 0 aliphatic heterocycles. The van der Waals surface area contributed by atoms with Gasteiger partial charge in [0.1, 0.15) is 28.5 Å². The molecule has 0 spiro atoms. The summed E-state index contributed by atoms with van der Waals surface area (Å²) in [5.74, 6) is 0.0256. The van der Waals surface area contributed by atoms with Crippen molar-refractivity contribution in [1.82, 2.24) is 0 Å². The molecule has 0 bridgehead atoms. The predicted molar refractivity (Wildman–Crippen MR) is 120 cm³/mol. The number of carbonyl (C=O) groups is 1. The van der Waals surface area contributed by atoms with Crippen LogP contribution in [0.3, 0.4) is 0 Å². The molecule has 0 saturated carbocycles. The highest BCUT2D eigenvalue weighted by molar-refractivity contribution is 7.16. The Morgan fingerprint density at radius 3 is 2.80 bits per heavy atom. The van der Waals surface area contributed by atoms with E-state index in [-0.39, 0.29) is 11.7 Å². The Labute approximate surface area is 185 Å². The lowest BCUT2D eigenvalue weighted by Gasteiger charge is -2.14. The lowest BCUT2D eigenvalue weighted by atomic mass is 9.96. The van der Waals surface area contributed by atoms with Crippen molar-refractivity contribution < 1.29 is 9.53 Å². The van der Waals surface area contributed by atoms with Gasteiger partial charge in [-0.25, -0.2) is 0 Å². The molecule has 0 unspecified atom stereocenters. The molecule has 3 rings (SSSR count). The molecule has 1 N–H and O–H groups in total. The van der Waals surface area contributed by atoms with Gasteiger partial charge < -0.3 is 10.1 Å². The van der Waals surface area contributed by atoms with E-state index in [0.29, 0.717) is 26.9 Å². The van der Waals surface area contributed by atoms with Crippen LogP contribution in [0, 0.1) is 22.7 Å². The van der Waals surface area contributed by atoms with Gasteiger partial charge in [0.15, 0.2) is 0 Å². The Balaban J connectivity index is 1.81. The molecule has 1 heterocycles. The third kappa shape index (κ3) is 4.84. The molecular weight excluding hydrogens is 418 g/mol. The normalized spacial score (nSPS) is 14.2. The third-order valence-electron chi connectivity index (χ3n) is 5.05. The maximum Gasteiger partial charge on any atom is 0.266 e. The molecule has 30 heavy (non-hydrogen) atoms. The second-order valence-electron chi connectivity index (χ2n) is 7.18. The number of hydrogen-bond donors (Lipinski definition) is 1. The van der Waals surface area contributed by atoms with Gasteiger partial charge in [-0.3, -0.25) is 4.79 Å². The van der Waals surface area contributed by atoms with Crippen molar-refractivity contribution in [3.05, 3.63) is 50.4 Å². The maximum atomic E-state index is 12.7. The summed E-state index contributed by atoms with van der Waals surface area (Å²) in [6.07, 6.45) is 6.29. The maximum absolute atomic E-state index is 12.7. The summed E-state index contributed by atoms with van der Waals surface area (Å²) in [7, 11) is 0. The summed E-state index contributed by atoms with van der Waals surface area (Å²) in [5.41, 5.74) is 2.12. The van der Waals surface area contributed by atoms with Crippen molar-refractivity contribution in [3.63, 3.8) is 0 Å². The van der Waals surface area contributed by atoms with Crippen LogP contribution in [-0.2, 0) is 17.6 Å². The number of thiophene rings is 1. The molecule has 0 fully saturated rings. The van der Waals surface area contributed by atoms with Gasteiger partial charge in [-0.05, 0) is 68.4 Å². The van der Waals surface area contributed by atoms with E-state index < -0.39 is 5.91 Å². The van der Waals surface area contributed by atoms with Crippen LogP contribution in [0.5, 0.6) is 5.75 Å². The molecule has 154 valence electrons. The van der Waals surface area contributed by atoms with E-state index in [0.717, 1.165) is 42.5 Å². The fourth-order valence-corrected chi connectivity index (χ4v) is 4.73. The zero-order chi connectivity index (χ0) is 21.7. The molecule has 1 aromatic carbocycles. The van der Waals surface area contributed by atoms with Crippen molar-refractivity contribution in [3.8, 4) is 17.9 Å². The number of fused-ring (bicyclic) bond motifs is 1. The first-order valence-electron chi connectivity index (χ1n) is 9.90. The van der Waals surface area contributed by atoms with Crippen LogP contribution in [0.4, 0.5) is 5.00 Å². The molecule has 1 aliphatic rings. The van der Waals surface area contributed by atoms with Gasteiger partial charge in [0.2, 0.25) is 0 Å². The Kier molecular flexibility index (Phi) is 7.15. The molecule has 1 aromatic heterocycles. The zero-order valence-corrected chi connectivity index (χ0v) is 18.5. The summed E-state index contributed by atoms with van der Waals surface area (Å²) < 4.78 is 5.75. The van der Waals surface area contributed by atoms with E-state index in [1.807, 2.05) is 19.9 Å². The van der Waals surface area contributed by atoms with E-state index in [4.69, 9.17) is 16.3 Å². The van der Waals surface area contributed by atoms with Crippen LogP contribution in [-0.4, -0.2) is 12.0 Å². The van der Waals surface area contributed by atoms with Crippen LogP contribution in [0.2, 0.25) is 5.02 Å². The highest BCUT2D eigenvalue weighted by atomic mass is 35.5. The standard InChI is InChI=1S/C23H22ClN3O2S/c1-3-14(2)29-20-9-8-15(11-19(20)24)10-16(12-25)22(28)27-23-18(13-26)17-6-4-5-7-21(17)30-23/h8-11,14H,3-7H2,1-2H3,(H,27,28)/b16-10+/t14-/m0/s1. The van der Waals surface area contributed by atoms with Crippen LogP contribution >= 0.6 is 22.9 Å². The number of anilines is 1. The number of nitrogens with one attached hydrogen (secondary N) is 1. The minimum atomic E-state index is -0.538. The first-order chi connectivity index (χ1) is 14.5. The van der Waals surface area contributed by atoms with Crippen LogP contribution in [0.15, 0.2) is 23.8 Å². The molecule has 0 saturated heterocycles. The van der Waals surface area contributed by atoms with Gasteiger partial charge in [-0.2, -0.15) is 10.5 Å². The molecular formula is C23H22ClN3O2S. The van der Waals surface area contributed by atoms with E-state index in [2.05, 4.69) is 11.4 Å². The van der Waals surface area contributed by atoms with E-state index in [9.17, 15) is 15.3 Å². The number of benzene rings is 1. The van der Waals surface area contributed by atoms with Crippen LogP contribution in [0.25, 0.3) is 6.08 Å². The van der Waals surface area contributed by atoms with Gasteiger partial charge in [-0.15, -0.1) is 11.3 Å². The Bertz CT molecular complexity index is 1080. The van der Waals surface area contributed by atoms with Crippen molar-refractivity contribution in [2.24, 2.45) is 0 Å². The summed E-state index contributed by atoms with van der Waals surface area (Å²) in [6.45, 7) is 3.98. The molecule has 5 nitrogen and oxygen atoms in total. The number of rotatable bonds is 6. The lowest BCUT2D eigenvalue weighted by Crippen LogP contribution is -2.13. The molecule has 7 heteroatoms. The fourth-order valence-electron chi connectivity index (χ4n) is 3.26. The number of aryl methyl sites for hydroxylation is 1. The number of amides is 1. The van der Waals surface area contributed by atoms with E-state index in [1.54, 1.807) is 18.2 Å². The first kappa shape index (κ1) is 21.9. The minimum Gasteiger partial charge on any atom is -0.489 e. The summed E-state index contributed by atoms with van der Waals surface area (Å²) in [5, 5.41) is 22.7. The predicted octanol–water partition coefficient (Wildman–Crippen LogP) is 5.87. The number of hydrogen-bond acceptors (Lipinski definition) is 5. The first-order valence-corrected chi connectivity index (χ1v) is 11.1. The highest BCUT2D eigenvalue weighted by Crippen LogP contribution is 2.37. The number of ether oxygens (including phenoxy) is 1.